The average Bonchev–Trinajstić information content (AvgIpc) is 2.93. The van der Waals surface area contributed by atoms with E-state index in [2.05, 4.69) is 5.16 Å². The quantitative estimate of drug-likeness (QED) is 0.188. The topological polar surface area (TPSA) is 121 Å². The van der Waals surface area contributed by atoms with E-state index in [4.69, 9.17) is 19.0 Å². The summed E-state index contributed by atoms with van der Waals surface area (Å²) < 4.78 is 16.2. The Hall–Kier alpha value is -4.50. The summed E-state index contributed by atoms with van der Waals surface area (Å²) in [6.45, 7) is -0.555. The van der Waals surface area contributed by atoms with Crippen molar-refractivity contribution in [1.29, 1.82) is 0 Å². The molecule has 0 heterocycles. The van der Waals surface area contributed by atoms with E-state index in [1.54, 1.807) is 66.7 Å². The lowest BCUT2D eigenvalue weighted by molar-refractivity contribution is -0.0784. The molecule has 0 unspecified atom stereocenters. The Morgan fingerprint density at radius 2 is 1.19 bits per heavy atom. The molecular formula is C27H25NO8. The van der Waals surface area contributed by atoms with Crippen LogP contribution in [-0.2, 0) is 19.0 Å². The summed E-state index contributed by atoms with van der Waals surface area (Å²) in [5.41, 5.74) is 0.703. The number of rotatable bonds is 11. The maximum absolute atomic E-state index is 12.8. The first-order valence-corrected chi connectivity index (χ1v) is 11.0. The van der Waals surface area contributed by atoms with Crippen molar-refractivity contribution in [2.45, 2.75) is 18.3 Å². The smallest absolute Gasteiger partial charge is 0.338 e. The second kappa shape index (κ2) is 13.4. The van der Waals surface area contributed by atoms with E-state index in [-0.39, 0.29) is 16.7 Å². The van der Waals surface area contributed by atoms with Crippen LogP contribution in [0.4, 0.5) is 0 Å². The fourth-order valence-electron chi connectivity index (χ4n) is 3.11. The maximum Gasteiger partial charge on any atom is 0.338 e. The fraction of sp³-hybridized carbons (Fsp3) is 0.185. The third-order valence-corrected chi connectivity index (χ3v) is 4.92. The Kier molecular flexibility index (Phi) is 9.72. The largest absolute Gasteiger partial charge is 0.459 e. The monoisotopic (exact) mass is 491 g/mol. The lowest BCUT2D eigenvalue weighted by Gasteiger charge is -2.28. The Morgan fingerprint density at radius 1 is 0.750 bits per heavy atom. The van der Waals surface area contributed by atoms with Crippen molar-refractivity contribution in [2.75, 3.05) is 13.7 Å². The number of aliphatic hydroxyl groups is 1. The van der Waals surface area contributed by atoms with E-state index in [0.29, 0.717) is 0 Å². The van der Waals surface area contributed by atoms with E-state index < -0.39 is 42.8 Å². The van der Waals surface area contributed by atoms with Crippen LogP contribution in [0.15, 0.2) is 96.2 Å². The highest BCUT2D eigenvalue weighted by Gasteiger charge is 2.36. The van der Waals surface area contributed by atoms with Crippen molar-refractivity contribution >= 4 is 24.1 Å². The number of benzene rings is 3. The van der Waals surface area contributed by atoms with Gasteiger partial charge in [0, 0.05) is 0 Å². The molecule has 0 aliphatic heterocycles. The Bertz CT molecular complexity index is 1150. The molecule has 9 heteroatoms. The predicted octanol–water partition coefficient (Wildman–Crippen LogP) is 3.29. The molecule has 186 valence electrons. The molecule has 0 aliphatic rings. The van der Waals surface area contributed by atoms with Gasteiger partial charge in [-0.25, -0.2) is 14.4 Å². The van der Waals surface area contributed by atoms with Gasteiger partial charge in [-0.05, 0) is 36.4 Å². The van der Waals surface area contributed by atoms with Crippen molar-refractivity contribution in [1.82, 2.24) is 0 Å². The van der Waals surface area contributed by atoms with E-state index in [1.165, 1.54) is 31.4 Å². The molecule has 0 saturated carbocycles. The van der Waals surface area contributed by atoms with Crippen LogP contribution in [0.1, 0.15) is 31.1 Å². The van der Waals surface area contributed by atoms with Gasteiger partial charge in [0.25, 0.3) is 0 Å². The molecule has 3 rings (SSSR count). The minimum Gasteiger partial charge on any atom is -0.459 e. The SMILES string of the molecule is CO/N=C/[C@H](OC(=O)c1ccccc1)[C@H](OC(=O)c1ccccc1)[C@H](O)COC(=O)c1ccccc1. The van der Waals surface area contributed by atoms with Crippen LogP contribution in [0.2, 0.25) is 0 Å². The number of carbonyl (C=O) groups is 3. The van der Waals surface area contributed by atoms with Crippen LogP contribution in [-0.4, -0.2) is 61.3 Å². The molecular weight excluding hydrogens is 466 g/mol. The Labute approximate surface area is 207 Å². The number of carbonyl (C=O) groups excluding carboxylic acids is 3. The molecule has 0 fully saturated rings. The molecule has 0 bridgehead atoms. The lowest BCUT2D eigenvalue weighted by atomic mass is 10.1. The number of nitrogens with zero attached hydrogens (tertiary/aromatic N) is 1. The van der Waals surface area contributed by atoms with Crippen molar-refractivity contribution in [3.63, 3.8) is 0 Å². The van der Waals surface area contributed by atoms with Gasteiger partial charge in [0.15, 0.2) is 12.2 Å². The van der Waals surface area contributed by atoms with Gasteiger partial charge in [-0.2, -0.15) is 0 Å². The Balaban J connectivity index is 1.83. The fourth-order valence-corrected chi connectivity index (χ4v) is 3.11. The van der Waals surface area contributed by atoms with Crippen molar-refractivity contribution in [2.24, 2.45) is 5.16 Å². The molecule has 1 N–H and O–H groups in total. The molecule has 0 saturated heterocycles. The van der Waals surface area contributed by atoms with E-state index in [0.717, 1.165) is 6.21 Å². The average molecular weight is 491 g/mol. The van der Waals surface area contributed by atoms with E-state index in [1.807, 2.05) is 0 Å². The minimum absolute atomic E-state index is 0.202. The number of hydrogen-bond donors (Lipinski definition) is 1. The summed E-state index contributed by atoms with van der Waals surface area (Å²) in [6, 6.07) is 24.3. The van der Waals surface area contributed by atoms with Crippen LogP contribution in [0, 0.1) is 0 Å². The van der Waals surface area contributed by atoms with Gasteiger partial charge in [-0.3, -0.25) is 0 Å². The molecule has 3 aromatic carbocycles. The molecule has 0 radical (unpaired) electrons. The van der Waals surface area contributed by atoms with E-state index in [9.17, 15) is 19.5 Å². The third-order valence-electron chi connectivity index (χ3n) is 4.92. The molecule has 0 spiro atoms. The molecule has 36 heavy (non-hydrogen) atoms. The van der Waals surface area contributed by atoms with Crippen LogP contribution >= 0.6 is 0 Å². The number of aliphatic hydroxyl groups excluding tert-OH is 1. The van der Waals surface area contributed by atoms with Gasteiger partial charge in [0.05, 0.1) is 22.9 Å². The zero-order chi connectivity index (χ0) is 25.8. The number of hydrogen-bond acceptors (Lipinski definition) is 9. The second-order valence-electron chi connectivity index (χ2n) is 7.44. The highest BCUT2D eigenvalue weighted by molar-refractivity contribution is 5.92. The first kappa shape index (κ1) is 26.1. The molecule has 3 aromatic rings. The van der Waals surface area contributed by atoms with Gasteiger partial charge in [0.1, 0.15) is 19.8 Å². The summed E-state index contributed by atoms with van der Waals surface area (Å²) in [6.07, 6.45) is -3.38. The van der Waals surface area contributed by atoms with Crippen molar-refractivity contribution in [3.8, 4) is 0 Å². The minimum atomic E-state index is -1.58. The van der Waals surface area contributed by atoms with Crippen LogP contribution in [0.3, 0.4) is 0 Å². The van der Waals surface area contributed by atoms with Crippen molar-refractivity contribution < 1.29 is 38.5 Å². The summed E-state index contributed by atoms with van der Waals surface area (Å²) in [7, 11) is 1.27. The summed E-state index contributed by atoms with van der Waals surface area (Å²) in [5.74, 6) is -2.23. The first-order chi connectivity index (χ1) is 17.5. The van der Waals surface area contributed by atoms with Crippen LogP contribution < -0.4 is 0 Å². The number of oxime groups is 1. The zero-order valence-electron chi connectivity index (χ0n) is 19.4. The lowest BCUT2D eigenvalue weighted by Crippen LogP contribution is -2.46. The normalized spacial score (nSPS) is 13.3. The first-order valence-electron chi connectivity index (χ1n) is 11.0. The van der Waals surface area contributed by atoms with Gasteiger partial charge >= 0.3 is 17.9 Å². The Morgan fingerprint density at radius 3 is 1.67 bits per heavy atom. The number of esters is 3. The highest BCUT2D eigenvalue weighted by Crippen LogP contribution is 2.16. The summed E-state index contributed by atoms with van der Waals surface area (Å²) in [5, 5.41) is 14.5. The van der Waals surface area contributed by atoms with Crippen LogP contribution in [0.25, 0.3) is 0 Å². The molecule has 0 amide bonds. The second-order valence-corrected chi connectivity index (χ2v) is 7.44. The van der Waals surface area contributed by atoms with Crippen LogP contribution in [0.5, 0.6) is 0 Å². The molecule has 0 aliphatic carbocycles. The van der Waals surface area contributed by atoms with Gasteiger partial charge in [-0.15, -0.1) is 0 Å². The van der Waals surface area contributed by atoms with Crippen molar-refractivity contribution in [3.05, 3.63) is 108 Å². The maximum atomic E-state index is 12.8. The summed E-state index contributed by atoms with van der Waals surface area (Å²) >= 11 is 0. The van der Waals surface area contributed by atoms with Gasteiger partial charge < -0.3 is 24.2 Å². The standard InChI is InChI=1S/C27H25NO8/c1-33-28-17-23(35-26(31)20-13-7-3-8-14-20)24(36-27(32)21-15-9-4-10-16-21)22(29)18-34-25(30)19-11-5-2-6-12-19/h2-17,22-24,29H,18H2,1H3/b28-17+/t22-,23+,24-/m1/s1. The highest BCUT2D eigenvalue weighted by atomic mass is 16.6. The van der Waals surface area contributed by atoms with Gasteiger partial charge in [0.2, 0.25) is 0 Å². The predicted molar refractivity (Wildman–Crippen MR) is 130 cm³/mol. The molecule has 0 aromatic heterocycles. The van der Waals surface area contributed by atoms with E-state index >= 15 is 0 Å². The summed E-state index contributed by atoms with van der Waals surface area (Å²) in [4.78, 5) is 42.6. The third kappa shape index (κ3) is 7.51. The number of ether oxygens (including phenoxy) is 3. The zero-order valence-corrected chi connectivity index (χ0v) is 19.4. The molecule has 9 nitrogen and oxygen atoms in total. The molecule has 3 atom stereocenters. The van der Waals surface area contributed by atoms with Gasteiger partial charge in [-0.1, -0.05) is 59.8 Å².